The molecular weight excluding hydrogens is 298 g/mol. The van der Waals surface area contributed by atoms with Crippen molar-refractivity contribution in [3.8, 4) is 0 Å². The van der Waals surface area contributed by atoms with E-state index in [9.17, 15) is 5.11 Å². The monoisotopic (exact) mass is 327 g/mol. The molecule has 1 saturated heterocycles. The van der Waals surface area contributed by atoms with E-state index in [1.807, 2.05) is 25.2 Å². The van der Waals surface area contributed by atoms with Gasteiger partial charge in [0.15, 0.2) is 0 Å². The lowest BCUT2D eigenvalue weighted by Gasteiger charge is -2.27. The van der Waals surface area contributed by atoms with Crippen molar-refractivity contribution in [1.82, 2.24) is 4.90 Å². The van der Waals surface area contributed by atoms with Crippen LogP contribution < -0.4 is 0 Å². The zero-order valence-corrected chi connectivity index (χ0v) is 14.8. The van der Waals surface area contributed by atoms with Crippen LogP contribution in [0.15, 0.2) is 12.1 Å². The molecule has 1 fully saturated rings. The number of aliphatic hydroxyl groups is 1. The van der Waals surface area contributed by atoms with Crippen molar-refractivity contribution in [1.29, 1.82) is 0 Å². The molecule has 2 rings (SSSR count). The fraction of sp³-hybridized carbons (Fsp3) is 0.765. The standard InChI is InChI=1S/C17H29NO3S/c1-13(2)21-12-15(19)9-18(10-16-5-4-8-20-16)11-17-7-6-14(3)22-17/h6-7,13,15-16,19H,4-5,8-12H2,1-3H3/t15-,16+/m0/s1. The Morgan fingerprint density at radius 1 is 1.45 bits per heavy atom. The molecule has 0 spiro atoms. The van der Waals surface area contributed by atoms with Gasteiger partial charge >= 0.3 is 0 Å². The Hall–Kier alpha value is -0.460. The number of nitrogens with zero attached hydrogens (tertiary/aromatic N) is 1. The Bertz CT molecular complexity index is 429. The van der Waals surface area contributed by atoms with Gasteiger partial charge in [-0.15, -0.1) is 11.3 Å². The van der Waals surface area contributed by atoms with Crippen LogP contribution in [0.2, 0.25) is 0 Å². The van der Waals surface area contributed by atoms with E-state index in [0.717, 1.165) is 32.5 Å². The van der Waals surface area contributed by atoms with Crippen molar-refractivity contribution in [3.63, 3.8) is 0 Å². The molecule has 1 aromatic heterocycles. The first kappa shape index (κ1) is 17.9. The number of hydrogen-bond donors (Lipinski definition) is 1. The molecule has 0 saturated carbocycles. The molecule has 2 heterocycles. The average molecular weight is 327 g/mol. The summed E-state index contributed by atoms with van der Waals surface area (Å²) in [6.07, 6.45) is 2.28. The lowest BCUT2D eigenvalue weighted by atomic mass is 10.2. The zero-order chi connectivity index (χ0) is 15.9. The molecular formula is C17H29NO3S. The summed E-state index contributed by atoms with van der Waals surface area (Å²) in [5, 5.41) is 10.2. The van der Waals surface area contributed by atoms with Crippen molar-refractivity contribution in [3.05, 3.63) is 21.9 Å². The van der Waals surface area contributed by atoms with Gasteiger partial charge in [-0.05, 0) is 45.7 Å². The third-order valence-electron chi connectivity index (χ3n) is 3.75. The van der Waals surface area contributed by atoms with Gasteiger partial charge in [-0.2, -0.15) is 0 Å². The molecule has 0 unspecified atom stereocenters. The van der Waals surface area contributed by atoms with Crippen LogP contribution in [0.25, 0.3) is 0 Å². The Morgan fingerprint density at radius 3 is 2.86 bits per heavy atom. The van der Waals surface area contributed by atoms with E-state index in [0.29, 0.717) is 19.3 Å². The third kappa shape index (κ3) is 6.34. The van der Waals surface area contributed by atoms with Gasteiger partial charge in [0.2, 0.25) is 0 Å². The summed E-state index contributed by atoms with van der Waals surface area (Å²) in [7, 11) is 0. The number of aliphatic hydroxyl groups excluding tert-OH is 1. The van der Waals surface area contributed by atoms with E-state index in [1.165, 1.54) is 9.75 Å². The van der Waals surface area contributed by atoms with Gasteiger partial charge < -0.3 is 14.6 Å². The van der Waals surface area contributed by atoms with Gasteiger partial charge in [-0.3, -0.25) is 4.90 Å². The maximum absolute atomic E-state index is 10.2. The van der Waals surface area contributed by atoms with E-state index in [2.05, 4.69) is 24.0 Å². The normalized spacial score (nSPS) is 20.2. The molecule has 4 nitrogen and oxygen atoms in total. The Labute approximate surface area is 138 Å². The minimum absolute atomic E-state index is 0.154. The second-order valence-corrected chi connectivity index (χ2v) is 7.75. The Morgan fingerprint density at radius 2 is 2.27 bits per heavy atom. The molecule has 126 valence electrons. The lowest BCUT2D eigenvalue weighted by Crippen LogP contribution is -2.39. The predicted octanol–water partition coefficient (Wildman–Crippen LogP) is 2.82. The van der Waals surface area contributed by atoms with Gasteiger partial charge in [-0.25, -0.2) is 0 Å². The molecule has 22 heavy (non-hydrogen) atoms. The van der Waals surface area contributed by atoms with Crippen molar-refractivity contribution < 1.29 is 14.6 Å². The Balaban J connectivity index is 1.88. The summed E-state index contributed by atoms with van der Waals surface area (Å²) < 4.78 is 11.3. The second kappa shape index (κ2) is 8.99. The zero-order valence-electron chi connectivity index (χ0n) is 14.0. The second-order valence-electron chi connectivity index (χ2n) is 6.38. The molecule has 1 aromatic rings. The van der Waals surface area contributed by atoms with Crippen LogP contribution in [0.3, 0.4) is 0 Å². The van der Waals surface area contributed by atoms with Crippen LogP contribution in [0.5, 0.6) is 0 Å². The first-order chi connectivity index (χ1) is 10.5. The van der Waals surface area contributed by atoms with Gasteiger partial charge in [-0.1, -0.05) is 0 Å². The predicted molar refractivity (Wildman–Crippen MR) is 90.4 cm³/mol. The third-order valence-corrected chi connectivity index (χ3v) is 4.74. The van der Waals surface area contributed by atoms with E-state index in [1.54, 1.807) is 0 Å². The van der Waals surface area contributed by atoms with Crippen LogP contribution in [-0.4, -0.2) is 54.6 Å². The van der Waals surface area contributed by atoms with Crippen LogP contribution in [0.1, 0.15) is 36.4 Å². The van der Waals surface area contributed by atoms with Crippen molar-refractivity contribution in [2.24, 2.45) is 0 Å². The molecule has 5 heteroatoms. The summed E-state index contributed by atoms with van der Waals surface area (Å²) >= 11 is 1.82. The first-order valence-electron chi connectivity index (χ1n) is 8.22. The fourth-order valence-corrected chi connectivity index (χ4v) is 3.66. The molecule has 2 atom stereocenters. The fourth-order valence-electron chi connectivity index (χ4n) is 2.72. The largest absolute Gasteiger partial charge is 0.389 e. The lowest BCUT2D eigenvalue weighted by molar-refractivity contribution is -0.0170. The highest BCUT2D eigenvalue weighted by Crippen LogP contribution is 2.20. The number of thiophene rings is 1. The number of hydrogen-bond acceptors (Lipinski definition) is 5. The van der Waals surface area contributed by atoms with Gasteiger partial charge in [0, 0.05) is 36.0 Å². The SMILES string of the molecule is Cc1ccc(CN(C[C@H](O)COC(C)C)C[C@H]2CCCO2)s1. The molecule has 0 aliphatic carbocycles. The van der Waals surface area contributed by atoms with Gasteiger partial charge in [0.05, 0.1) is 24.9 Å². The topological polar surface area (TPSA) is 41.9 Å². The number of ether oxygens (including phenoxy) is 2. The quantitative estimate of drug-likeness (QED) is 0.757. The van der Waals surface area contributed by atoms with Crippen molar-refractivity contribution >= 4 is 11.3 Å². The molecule has 1 aliphatic rings. The van der Waals surface area contributed by atoms with Crippen molar-refractivity contribution in [2.45, 2.75) is 58.5 Å². The summed E-state index contributed by atoms with van der Waals surface area (Å²) in [5.74, 6) is 0. The smallest absolute Gasteiger partial charge is 0.0900 e. The average Bonchev–Trinajstić information content (AvgIpc) is 3.08. The molecule has 0 aromatic carbocycles. The van der Waals surface area contributed by atoms with Crippen LogP contribution in [0.4, 0.5) is 0 Å². The molecule has 1 aliphatic heterocycles. The highest BCUT2D eigenvalue weighted by atomic mass is 32.1. The van der Waals surface area contributed by atoms with Gasteiger partial charge in [0.1, 0.15) is 0 Å². The van der Waals surface area contributed by atoms with Crippen LogP contribution >= 0.6 is 11.3 Å². The maximum Gasteiger partial charge on any atom is 0.0900 e. The first-order valence-corrected chi connectivity index (χ1v) is 9.03. The van der Waals surface area contributed by atoms with E-state index in [-0.39, 0.29) is 6.10 Å². The Kier molecular flexibility index (Phi) is 7.31. The summed E-state index contributed by atoms with van der Waals surface area (Å²) in [6.45, 7) is 9.76. The maximum atomic E-state index is 10.2. The highest BCUT2D eigenvalue weighted by Gasteiger charge is 2.21. The molecule has 0 bridgehead atoms. The number of rotatable bonds is 9. The van der Waals surface area contributed by atoms with E-state index in [4.69, 9.17) is 9.47 Å². The molecule has 0 radical (unpaired) electrons. The minimum atomic E-state index is -0.454. The number of aryl methyl sites for hydroxylation is 1. The molecule has 0 amide bonds. The van der Waals surface area contributed by atoms with E-state index >= 15 is 0 Å². The summed E-state index contributed by atoms with van der Waals surface area (Å²) in [5.41, 5.74) is 0. The molecule has 1 N–H and O–H groups in total. The van der Waals surface area contributed by atoms with Crippen LogP contribution in [-0.2, 0) is 16.0 Å². The minimum Gasteiger partial charge on any atom is -0.389 e. The van der Waals surface area contributed by atoms with Crippen molar-refractivity contribution in [2.75, 3.05) is 26.3 Å². The highest BCUT2D eigenvalue weighted by molar-refractivity contribution is 7.11. The summed E-state index contributed by atoms with van der Waals surface area (Å²) in [4.78, 5) is 4.97. The summed E-state index contributed by atoms with van der Waals surface area (Å²) in [6, 6.07) is 4.34. The van der Waals surface area contributed by atoms with E-state index < -0.39 is 6.10 Å². The van der Waals surface area contributed by atoms with Gasteiger partial charge in [0.25, 0.3) is 0 Å². The van der Waals surface area contributed by atoms with Crippen LogP contribution in [0, 0.1) is 6.92 Å².